The van der Waals surface area contributed by atoms with Crippen molar-refractivity contribution in [1.82, 2.24) is 0 Å². The van der Waals surface area contributed by atoms with Crippen LogP contribution in [0.4, 0.5) is 0 Å². The van der Waals surface area contributed by atoms with Crippen LogP contribution in [0, 0.1) is 5.92 Å². The van der Waals surface area contributed by atoms with E-state index in [1.807, 2.05) is 0 Å². The van der Waals surface area contributed by atoms with Gasteiger partial charge in [-0.1, -0.05) is 183 Å². The zero-order valence-electron chi connectivity index (χ0n) is 33.7. The van der Waals surface area contributed by atoms with E-state index in [2.05, 4.69) is 196 Å². The zero-order valence-corrected chi connectivity index (χ0v) is 33.7. The fourth-order valence-corrected chi connectivity index (χ4v) is 11.0. The van der Waals surface area contributed by atoms with Crippen LogP contribution in [0.2, 0.25) is 0 Å². The minimum Gasteiger partial charge on any atom is -0.276 e. The molecule has 1 heterocycles. The number of benzene rings is 6. The average Bonchev–Trinajstić information content (AvgIpc) is 3.74. The van der Waals surface area contributed by atoms with Crippen LogP contribution in [0.5, 0.6) is 0 Å². The van der Waals surface area contributed by atoms with Gasteiger partial charge >= 0.3 is 0 Å². The summed E-state index contributed by atoms with van der Waals surface area (Å²) in [5, 5.41) is 0. The molecule has 0 saturated heterocycles. The summed E-state index contributed by atoms with van der Waals surface area (Å²) in [5.41, 5.74) is 23.3. The monoisotopic (exact) mass is 757 g/mol. The molecular weight excluding hydrogens is 711 g/mol. The Morgan fingerprint density at radius 3 is 2.15 bits per heavy atom. The minimum atomic E-state index is -0.431. The van der Waals surface area contributed by atoms with Gasteiger partial charge in [-0.05, 0) is 145 Å². The van der Waals surface area contributed by atoms with Crippen LogP contribution in [0.3, 0.4) is 0 Å². The molecule has 1 heteroatoms. The largest absolute Gasteiger partial charge is 0.276 e. The first-order valence-corrected chi connectivity index (χ1v) is 21.4. The molecule has 5 aliphatic rings. The van der Waals surface area contributed by atoms with Crippen molar-refractivity contribution in [3.8, 4) is 11.1 Å². The summed E-state index contributed by atoms with van der Waals surface area (Å²) < 4.78 is 0. The molecule has 284 valence electrons. The van der Waals surface area contributed by atoms with Crippen LogP contribution < -0.4 is 0 Å². The van der Waals surface area contributed by atoms with Crippen molar-refractivity contribution in [2.24, 2.45) is 10.9 Å². The molecule has 0 saturated carbocycles. The highest BCUT2D eigenvalue weighted by Gasteiger charge is 2.53. The third-order valence-corrected chi connectivity index (χ3v) is 13.7. The SMILES string of the molecule is C=CC1=C(/C=C2\Cc3ccccc3-c3ccccc32)c2ccccc2C12C1=C(C=CCC1)c1ccc(C3/N=C(c4ccccc4)\C=C(\c4ccccc4)CCC3C)cc12. The Kier molecular flexibility index (Phi) is 8.66. The van der Waals surface area contributed by atoms with Crippen LogP contribution in [0.15, 0.2) is 205 Å². The van der Waals surface area contributed by atoms with Gasteiger partial charge in [0.05, 0.1) is 17.2 Å². The number of nitrogens with zero attached hydrogens (tertiary/aromatic N) is 1. The van der Waals surface area contributed by atoms with E-state index in [0.29, 0.717) is 5.92 Å². The standard InChI is InChI=1S/C58H47N/c1-3-52-51(35-44-34-42-22-10-11-23-45(42)47-25-13-12-24-46(44)47)49-27-15-17-29-54(49)58(52)53-28-16-14-26-48(53)50-33-32-43(36-55(50)58)57-38(2)30-31-41(39-18-6-4-7-19-39)37-56(59-57)40-20-8-5-9-21-40/h3-15,17-27,29,32-33,35-38,57H,1,16,28,30-31,34H2,2H3/b41-37+,44-35+,59-56+. The predicted octanol–water partition coefficient (Wildman–Crippen LogP) is 14.4. The van der Waals surface area contributed by atoms with Gasteiger partial charge in [0.15, 0.2) is 0 Å². The van der Waals surface area contributed by atoms with Crippen LogP contribution in [0.1, 0.15) is 88.7 Å². The normalized spacial score (nSPS) is 23.9. The van der Waals surface area contributed by atoms with E-state index in [-0.39, 0.29) is 6.04 Å². The molecule has 4 aliphatic carbocycles. The maximum Gasteiger partial charge on any atom is 0.0782 e. The molecule has 1 nitrogen and oxygen atoms in total. The maximum atomic E-state index is 5.75. The van der Waals surface area contributed by atoms with Gasteiger partial charge in [-0.2, -0.15) is 0 Å². The first-order valence-electron chi connectivity index (χ1n) is 21.4. The lowest BCUT2D eigenvalue weighted by Gasteiger charge is -2.35. The van der Waals surface area contributed by atoms with Gasteiger partial charge in [-0.15, -0.1) is 0 Å². The predicted molar refractivity (Wildman–Crippen MR) is 248 cm³/mol. The number of aliphatic imine (C=N–C) groups is 1. The van der Waals surface area contributed by atoms with Gasteiger partial charge in [-0.3, -0.25) is 4.99 Å². The van der Waals surface area contributed by atoms with E-state index in [9.17, 15) is 0 Å². The third kappa shape index (κ3) is 5.63. The molecule has 6 aromatic carbocycles. The van der Waals surface area contributed by atoms with Crippen molar-refractivity contribution < 1.29 is 0 Å². The second-order valence-electron chi connectivity index (χ2n) is 16.9. The van der Waals surface area contributed by atoms with Crippen molar-refractivity contribution in [3.63, 3.8) is 0 Å². The lowest BCUT2D eigenvalue weighted by molar-refractivity contribution is 0.444. The maximum absolute atomic E-state index is 5.75. The van der Waals surface area contributed by atoms with E-state index in [4.69, 9.17) is 4.99 Å². The summed E-state index contributed by atoms with van der Waals surface area (Å²) in [5.74, 6) is 0.332. The van der Waals surface area contributed by atoms with Gasteiger partial charge in [0, 0.05) is 0 Å². The highest BCUT2D eigenvalue weighted by molar-refractivity contribution is 6.12. The molecule has 3 atom stereocenters. The van der Waals surface area contributed by atoms with Crippen LogP contribution in [-0.2, 0) is 11.8 Å². The van der Waals surface area contributed by atoms with Gasteiger partial charge in [-0.25, -0.2) is 0 Å². The second kappa shape index (κ2) is 14.4. The molecule has 11 rings (SSSR count). The highest BCUT2D eigenvalue weighted by atomic mass is 14.8. The first kappa shape index (κ1) is 35.6. The second-order valence-corrected chi connectivity index (χ2v) is 16.9. The van der Waals surface area contributed by atoms with E-state index in [0.717, 1.165) is 43.4 Å². The Balaban J connectivity index is 1.12. The quantitative estimate of drug-likeness (QED) is 0.166. The lowest BCUT2D eigenvalue weighted by atomic mass is 9.67. The number of hydrogen-bond acceptors (Lipinski definition) is 1. The highest BCUT2D eigenvalue weighted by Crippen LogP contribution is 2.63. The molecule has 0 amide bonds. The summed E-state index contributed by atoms with van der Waals surface area (Å²) in [6, 6.07) is 56.1. The summed E-state index contributed by atoms with van der Waals surface area (Å²) in [6.07, 6.45) is 16.9. The van der Waals surface area contributed by atoms with Gasteiger partial charge in [0.2, 0.25) is 0 Å². The molecule has 0 radical (unpaired) electrons. The van der Waals surface area contributed by atoms with Gasteiger partial charge in [0.25, 0.3) is 0 Å². The fourth-order valence-electron chi connectivity index (χ4n) is 11.0. The van der Waals surface area contributed by atoms with Crippen LogP contribution in [0.25, 0.3) is 33.4 Å². The van der Waals surface area contributed by atoms with E-state index < -0.39 is 5.41 Å². The molecule has 0 fully saturated rings. The smallest absolute Gasteiger partial charge is 0.0782 e. The molecule has 6 aromatic rings. The fraction of sp³-hybridized carbons (Fsp3) is 0.155. The molecule has 1 aliphatic heterocycles. The van der Waals surface area contributed by atoms with Crippen molar-refractivity contribution in [2.45, 2.75) is 50.5 Å². The number of allylic oxidation sites excluding steroid dienone is 11. The molecule has 59 heavy (non-hydrogen) atoms. The van der Waals surface area contributed by atoms with E-state index in [1.54, 1.807) is 0 Å². The summed E-state index contributed by atoms with van der Waals surface area (Å²) >= 11 is 0. The zero-order chi connectivity index (χ0) is 39.5. The topological polar surface area (TPSA) is 12.4 Å². The Hall–Kier alpha value is -6.57. The summed E-state index contributed by atoms with van der Waals surface area (Å²) in [6.45, 7) is 7.05. The first-order chi connectivity index (χ1) is 29.1. The summed E-state index contributed by atoms with van der Waals surface area (Å²) in [4.78, 5) is 5.75. The van der Waals surface area contributed by atoms with Crippen molar-refractivity contribution in [3.05, 3.63) is 250 Å². The van der Waals surface area contributed by atoms with Crippen LogP contribution >= 0.6 is 0 Å². The average molecular weight is 758 g/mol. The number of fused-ring (bicyclic) bond motifs is 9. The molecule has 1 spiro atoms. The van der Waals surface area contributed by atoms with Gasteiger partial charge < -0.3 is 0 Å². The van der Waals surface area contributed by atoms with Crippen molar-refractivity contribution >= 4 is 28.0 Å². The minimum absolute atomic E-state index is 0.00232. The number of rotatable bonds is 5. The van der Waals surface area contributed by atoms with Crippen molar-refractivity contribution in [2.75, 3.05) is 0 Å². The Labute approximate surface area is 348 Å². The summed E-state index contributed by atoms with van der Waals surface area (Å²) in [7, 11) is 0. The lowest BCUT2D eigenvalue weighted by Crippen LogP contribution is -2.29. The Bertz CT molecular complexity index is 2870. The Morgan fingerprint density at radius 2 is 1.36 bits per heavy atom. The molecular formula is C58H47N. The molecule has 0 aromatic heterocycles. The van der Waals surface area contributed by atoms with Gasteiger partial charge in [0.1, 0.15) is 0 Å². The number of hydrogen-bond donors (Lipinski definition) is 0. The van der Waals surface area contributed by atoms with Crippen LogP contribution in [-0.4, -0.2) is 5.71 Å². The van der Waals surface area contributed by atoms with E-state index in [1.165, 1.54) is 89.1 Å². The Morgan fingerprint density at radius 1 is 0.661 bits per heavy atom. The molecule has 0 bridgehead atoms. The van der Waals surface area contributed by atoms with E-state index >= 15 is 0 Å². The molecule has 3 unspecified atom stereocenters. The third-order valence-electron chi connectivity index (χ3n) is 13.7. The molecule has 0 N–H and O–H groups in total. The van der Waals surface area contributed by atoms with Crippen molar-refractivity contribution in [1.29, 1.82) is 0 Å².